The number of nitrogens with one attached hydrogen (secondary N) is 1. The van der Waals surface area contributed by atoms with E-state index in [0.29, 0.717) is 22.5 Å². The fraction of sp³-hybridized carbons (Fsp3) is 0.476. The summed E-state index contributed by atoms with van der Waals surface area (Å²) in [5.41, 5.74) is -0.446. The van der Waals surface area contributed by atoms with E-state index in [0.717, 1.165) is 0 Å². The van der Waals surface area contributed by atoms with Gasteiger partial charge in [0.1, 0.15) is 5.82 Å². The van der Waals surface area contributed by atoms with Gasteiger partial charge in [0.25, 0.3) is 10.0 Å². The molecule has 0 spiro atoms. The van der Waals surface area contributed by atoms with E-state index in [9.17, 15) is 8.42 Å². The van der Waals surface area contributed by atoms with Crippen molar-refractivity contribution in [3.63, 3.8) is 0 Å². The lowest BCUT2D eigenvalue weighted by atomic mass is 9.78. The van der Waals surface area contributed by atoms with E-state index in [1.54, 1.807) is 24.3 Å². The van der Waals surface area contributed by atoms with Crippen molar-refractivity contribution in [3.05, 3.63) is 47.1 Å². The summed E-state index contributed by atoms with van der Waals surface area (Å²) in [5.74, 6) is 0.187. The molecule has 2 heterocycles. The van der Waals surface area contributed by atoms with Crippen LogP contribution in [0, 0.1) is 0 Å². The van der Waals surface area contributed by atoms with Gasteiger partial charge >= 0.3 is 7.12 Å². The van der Waals surface area contributed by atoms with Gasteiger partial charge in [-0.15, -0.1) is 0 Å². The van der Waals surface area contributed by atoms with Gasteiger partial charge in [-0.2, -0.15) is 0 Å². The summed E-state index contributed by atoms with van der Waals surface area (Å²) in [6.45, 7) is 7.89. The Bertz CT molecular complexity index is 1030. The molecule has 0 bridgehead atoms. The van der Waals surface area contributed by atoms with Gasteiger partial charge in [-0.25, -0.2) is 13.4 Å². The first-order valence-electron chi connectivity index (χ1n) is 10.3. The fourth-order valence-corrected chi connectivity index (χ4v) is 4.61. The van der Waals surface area contributed by atoms with Crippen LogP contribution in [-0.2, 0) is 30.7 Å². The number of aromatic nitrogens is 1. The van der Waals surface area contributed by atoms with Gasteiger partial charge < -0.3 is 19.2 Å². The van der Waals surface area contributed by atoms with Gasteiger partial charge in [0.15, 0.2) is 0 Å². The van der Waals surface area contributed by atoms with Crippen molar-refractivity contribution in [2.75, 3.05) is 17.9 Å². The van der Waals surface area contributed by atoms with Crippen LogP contribution in [0.2, 0.25) is 5.02 Å². The summed E-state index contributed by atoms with van der Waals surface area (Å²) in [5, 5.41) is 9.26. The van der Waals surface area contributed by atoms with E-state index >= 15 is 0 Å². The molecule has 0 unspecified atom stereocenters. The minimum Gasteiger partial charge on any atom is -0.399 e. The maximum atomic E-state index is 13.3. The highest BCUT2D eigenvalue weighted by molar-refractivity contribution is 7.92. The van der Waals surface area contributed by atoms with Crippen LogP contribution in [0.3, 0.4) is 0 Å². The molecular formula is C21H28BClN2O6S. The molecule has 3 rings (SSSR count). The number of hydrogen-bond acceptors (Lipinski definition) is 7. The molecule has 2 aromatic rings. The van der Waals surface area contributed by atoms with Crippen LogP contribution in [0.5, 0.6) is 0 Å². The van der Waals surface area contributed by atoms with Crippen LogP contribution in [0.25, 0.3) is 0 Å². The lowest BCUT2D eigenvalue weighted by molar-refractivity contribution is 0.00578. The van der Waals surface area contributed by atoms with E-state index < -0.39 is 28.3 Å². The molecule has 1 fully saturated rings. The van der Waals surface area contributed by atoms with E-state index in [4.69, 9.17) is 30.8 Å². The third-order valence-corrected chi connectivity index (χ3v) is 7.35. The minimum atomic E-state index is -4.02. The Morgan fingerprint density at radius 1 is 1.19 bits per heavy atom. The molecule has 32 heavy (non-hydrogen) atoms. The van der Waals surface area contributed by atoms with E-state index in [-0.39, 0.29) is 30.5 Å². The molecule has 1 aromatic carbocycles. The van der Waals surface area contributed by atoms with Crippen molar-refractivity contribution >= 4 is 40.0 Å². The average molecular weight is 483 g/mol. The highest BCUT2D eigenvalue weighted by Gasteiger charge is 2.52. The number of nitrogens with zero attached hydrogens (tertiary/aromatic N) is 1. The molecule has 11 heteroatoms. The van der Waals surface area contributed by atoms with E-state index in [1.165, 1.54) is 12.3 Å². The van der Waals surface area contributed by atoms with Crippen LogP contribution < -0.4 is 10.2 Å². The largest absolute Gasteiger partial charge is 0.496 e. The molecule has 0 saturated carbocycles. The van der Waals surface area contributed by atoms with Crippen molar-refractivity contribution in [2.45, 2.75) is 56.8 Å². The van der Waals surface area contributed by atoms with Crippen molar-refractivity contribution in [2.24, 2.45) is 0 Å². The van der Waals surface area contributed by atoms with E-state index in [2.05, 4.69) is 9.71 Å². The first kappa shape index (κ1) is 24.9. The van der Waals surface area contributed by atoms with Gasteiger partial charge in [-0.3, -0.25) is 4.72 Å². The third-order valence-electron chi connectivity index (χ3n) is 5.58. The highest BCUT2D eigenvalue weighted by atomic mass is 35.5. The molecule has 0 amide bonds. The van der Waals surface area contributed by atoms with Gasteiger partial charge in [-0.1, -0.05) is 17.7 Å². The Labute approximate surface area is 194 Å². The van der Waals surface area contributed by atoms with Crippen molar-refractivity contribution < 1.29 is 27.6 Å². The molecule has 0 aliphatic carbocycles. The monoisotopic (exact) mass is 482 g/mol. The maximum absolute atomic E-state index is 13.3. The Kier molecular flexibility index (Phi) is 7.53. The number of pyridine rings is 1. The Balaban J connectivity index is 2.01. The third kappa shape index (κ3) is 5.44. The van der Waals surface area contributed by atoms with Crippen LogP contribution in [-0.4, -0.2) is 50.0 Å². The zero-order valence-electron chi connectivity index (χ0n) is 18.6. The normalized spacial score (nSPS) is 17.5. The van der Waals surface area contributed by atoms with Gasteiger partial charge in [0.05, 0.1) is 22.7 Å². The molecule has 1 saturated heterocycles. The summed E-state index contributed by atoms with van der Waals surface area (Å²) in [6, 6.07) is 7.94. The standard InChI is InChI=1S/C21H28BClN2O6S/c1-20(2)21(3,4)31-22(30-20)16-13-18(15(12-17(16)23)14-29-11-7-10-26)32(27,28)25-19-8-5-6-9-24-19/h5-6,8-9,12-13,26H,7,10-11,14H2,1-4H3,(H,24,25). The zero-order chi connectivity index (χ0) is 23.6. The minimum absolute atomic E-state index is 0.00181. The molecule has 174 valence electrons. The molecule has 1 aromatic heterocycles. The Morgan fingerprint density at radius 2 is 1.88 bits per heavy atom. The summed E-state index contributed by atoms with van der Waals surface area (Å²) in [7, 11) is -4.86. The number of hydrogen-bond donors (Lipinski definition) is 2. The summed E-state index contributed by atoms with van der Waals surface area (Å²) in [6.07, 6.45) is 1.93. The second-order valence-corrected chi connectivity index (χ2v) is 10.6. The van der Waals surface area contributed by atoms with Crippen molar-refractivity contribution in [3.8, 4) is 0 Å². The van der Waals surface area contributed by atoms with Crippen molar-refractivity contribution in [1.82, 2.24) is 4.98 Å². The molecule has 2 N–H and O–H groups in total. The van der Waals surface area contributed by atoms with Crippen molar-refractivity contribution in [1.29, 1.82) is 0 Å². The number of aliphatic hydroxyl groups is 1. The average Bonchev–Trinajstić information content (AvgIpc) is 2.92. The number of benzene rings is 1. The number of anilines is 1. The second-order valence-electron chi connectivity index (χ2n) is 8.52. The smallest absolute Gasteiger partial charge is 0.399 e. The maximum Gasteiger partial charge on any atom is 0.496 e. The molecule has 0 atom stereocenters. The molecule has 0 radical (unpaired) electrons. The molecule has 1 aliphatic rings. The summed E-state index contributed by atoms with van der Waals surface area (Å²) in [4.78, 5) is 4.02. The number of sulfonamides is 1. The lowest BCUT2D eigenvalue weighted by Crippen LogP contribution is -2.41. The SMILES string of the molecule is CC1(C)OB(c2cc(S(=O)(=O)Nc3ccccn3)c(COCCCO)cc2Cl)OC1(C)C. The van der Waals surface area contributed by atoms with Crippen LogP contribution in [0.15, 0.2) is 41.4 Å². The quantitative estimate of drug-likeness (QED) is 0.418. The Morgan fingerprint density at radius 3 is 2.47 bits per heavy atom. The topological polar surface area (TPSA) is 107 Å². The lowest BCUT2D eigenvalue weighted by Gasteiger charge is -2.32. The van der Waals surface area contributed by atoms with Gasteiger partial charge in [0, 0.05) is 29.9 Å². The summed E-state index contributed by atoms with van der Waals surface area (Å²) < 4.78 is 46.7. The summed E-state index contributed by atoms with van der Waals surface area (Å²) >= 11 is 6.53. The van der Waals surface area contributed by atoms with Crippen LogP contribution in [0.4, 0.5) is 5.82 Å². The van der Waals surface area contributed by atoms with Gasteiger partial charge in [-0.05, 0) is 63.9 Å². The van der Waals surface area contributed by atoms with Crippen LogP contribution in [0.1, 0.15) is 39.7 Å². The first-order chi connectivity index (χ1) is 15.0. The second kappa shape index (κ2) is 9.66. The molecule has 8 nitrogen and oxygen atoms in total. The van der Waals surface area contributed by atoms with E-state index in [1.807, 2.05) is 27.7 Å². The number of halogens is 1. The van der Waals surface area contributed by atoms with Gasteiger partial charge in [0.2, 0.25) is 0 Å². The number of rotatable bonds is 9. The molecule has 1 aliphatic heterocycles. The number of ether oxygens (including phenoxy) is 1. The first-order valence-corrected chi connectivity index (χ1v) is 12.1. The molecular weight excluding hydrogens is 455 g/mol. The fourth-order valence-electron chi connectivity index (χ4n) is 3.09. The number of aliphatic hydroxyl groups excluding tert-OH is 1. The predicted octanol–water partition coefficient (Wildman–Crippen LogP) is 2.73. The van der Waals surface area contributed by atoms with Crippen LogP contribution >= 0.6 is 11.6 Å². The predicted molar refractivity (Wildman–Crippen MR) is 124 cm³/mol. The highest BCUT2D eigenvalue weighted by Crippen LogP contribution is 2.37. The zero-order valence-corrected chi connectivity index (χ0v) is 20.2. The Hall–Kier alpha value is -1.69.